The zero-order chi connectivity index (χ0) is 11.2. The number of nitrogens with two attached hydrogens (primary N) is 1. The minimum Gasteiger partial charge on any atom is -0.330 e. The van der Waals surface area contributed by atoms with Crippen LogP contribution in [0, 0.1) is 5.82 Å². The van der Waals surface area contributed by atoms with Crippen LogP contribution in [0.15, 0.2) is 24.3 Å². The quantitative estimate of drug-likeness (QED) is 0.793. The molecule has 2 heterocycles. The molecule has 3 atom stereocenters. The Kier molecular flexibility index (Phi) is 2.26. The molecule has 2 aliphatic rings. The van der Waals surface area contributed by atoms with E-state index in [-0.39, 0.29) is 11.2 Å². The van der Waals surface area contributed by atoms with Gasteiger partial charge in [0.25, 0.3) is 0 Å². The van der Waals surface area contributed by atoms with Crippen molar-refractivity contribution in [1.82, 2.24) is 5.32 Å². The third-order valence-electron chi connectivity index (χ3n) is 4.28. The number of fused-ring (bicyclic) bond motifs is 2. The molecule has 3 rings (SSSR count). The molecule has 0 aliphatic carbocycles. The Hall–Kier alpha value is -0.930. The highest BCUT2D eigenvalue weighted by Crippen LogP contribution is 2.44. The van der Waals surface area contributed by atoms with Crippen molar-refractivity contribution in [3.05, 3.63) is 35.6 Å². The molecular weight excluding hydrogens is 203 g/mol. The van der Waals surface area contributed by atoms with E-state index >= 15 is 0 Å². The van der Waals surface area contributed by atoms with Crippen molar-refractivity contribution >= 4 is 0 Å². The van der Waals surface area contributed by atoms with Gasteiger partial charge in [-0.25, -0.2) is 4.39 Å². The fourth-order valence-corrected chi connectivity index (χ4v) is 3.46. The van der Waals surface area contributed by atoms with Crippen LogP contribution in [0.4, 0.5) is 4.39 Å². The number of benzene rings is 1. The first-order valence-corrected chi connectivity index (χ1v) is 5.97. The summed E-state index contributed by atoms with van der Waals surface area (Å²) in [7, 11) is 0. The standard InChI is InChI=1S/C13H17FN2/c14-10-3-1-2-9(6-10)13(8-15)7-11-4-5-12(13)16-11/h1-3,6,11-12,16H,4-5,7-8,15H2. The lowest BCUT2D eigenvalue weighted by Gasteiger charge is -2.36. The van der Waals surface area contributed by atoms with Gasteiger partial charge >= 0.3 is 0 Å². The summed E-state index contributed by atoms with van der Waals surface area (Å²) in [6, 6.07) is 7.96. The molecule has 1 aromatic rings. The van der Waals surface area contributed by atoms with E-state index in [9.17, 15) is 4.39 Å². The SMILES string of the molecule is NCC1(c2cccc(F)c2)CC2CCC1N2. The topological polar surface area (TPSA) is 38.0 Å². The van der Waals surface area contributed by atoms with Crippen molar-refractivity contribution in [3.8, 4) is 0 Å². The molecule has 3 N–H and O–H groups in total. The Morgan fingerprint density at radius 1 is 1.44 bits per heavy atom. The van der Waals surface area contributed by atoms with Crippen LogP contribution in [0.25, 0.3) is 0 Å². The lowest BCUT2D eigenvalue weighted by atomic mass is 9.69. The molecule has 0 radical (unpaired) electrons. The monoisotopic (exact) mass is 220 g/mol. The van der Waals surface area contributed by atoms with Gasteiger partial charge in [-0.3, -0.25) is 0 Å². The van der Waals surface area contributed by atoms with Crippen LogP contribution < -0.4 is 11.1 Å². The molecule has 16 heavy (non-hydrogen) atoms. The van der Waals surface area contributed by atoms with E-state index in [1.54, 1.807) is 12.1 Å². The summed E-state index contributed by atoms with van der Waals surface area (Å²) in [6.45, 7) is 0.602. The molecule has 0 aromatic heterocycles. The summed E-state index contributed by atoms with van der Waals surface area (Å²) in [6.07, 6.45) is 3.46. The van der Waals surface area contributed by atoms with Gasteiger partial charge in [0.15, 0.2) is 0 Å². The highest BCUT2D eigenvalue weighted by Gasteiger charge is 2.50. The maximum Gasteiger partial charge on any atom is 0.123 e. The van der Waals surface area contributed by atoms with Crippen LogP contribution in [0.1, 0.15) is 24.8 Å². The van der Waals surface area contributed by atoms with Crippen LogP contribution in [0.5, 0.6) is 0 Å². The highest BCUT2D eigenvalue weighted by molar-refractivity contribution is 5.33. The second kappa shape index (κ2) is 3.54. The fraction of sp³-hybridized carbons (Fsp3) is 0.538. The molecule has 0 spiro atoms. The second-order valence-electron chi connectivity index (χ2n) is 5.07. The molecule has 1 aromatic carbocycles. The minimum atomic E-state index is -0.159. The van der Waals surface area contributed by atoms with E-state index in [1.165, 1.54) is 18.9 Å². The summed E-state index contributed by atoms with van der Waals surface area (Å²) in [4.78, 5) is 0. The zero-order valence-electron chi connectivity index (χ0n) is 9.25. The Balaban J connectivity index is 2.02. The number of nitrogens with one attached hydrogen (secondary N) is 1. The summed E-state index contributed by atoms with van der Waals surface area (Å²) in [5.74, 6) is -0.159. The molecule has 3 heteroatoms. The number of hydrogen-bond donors (Lipinski definition) is 2. The average molecular weight is 220 g/mol. The predicted molar refractivity (Wildman–Crippen MR) is 61.7 cm³/mol. The van der Waals surface area contributed by atoms with E-state index < -0.39 is 0 Å². The van der Waals surface area contributed by atoms with E-state index in [2.05, 4.69) is 5.32 Å². The second-order valence-corrected chi connectivity index (χ2v) is 5.07. The third kappa shape index (κ3) is 1.31. The normalized spacial score (nSPS) is 36.9. The Morgan fingerprint density at radius 2 is 2.31 bits per heavy atom. The fourth-order valence-electron chi connectivity index (χ4n) is 3.46. The summed E-state index contributed by atoms with van der Waals surface area (Å²) in [5.41, 5.74) is 7.00. The van der Waals surface area contributed by atoms with Gasteiger partial charge in [0.1, 0.15) is 5.82 Å². The van der Waals surface area contributed by atoms with Gasteiger partial charge in [-0.2, -0.15) is 0 Å². The number of rotatable bonds is 2. The first-order valence-electron chi connectivity index (χ1n) is 5.97. The highest BCUT2D eigenvalue weighted by atomic mass is 19.1. The molecule has 3 unspecified atom stereocenters. The summed E-state index contributed by atoms with van der Waals surface area (Å²) >= 11 is 0. The summed E-state index contributed by atoms with van der Waals surface area (Å²) < 4.78 is 13.3. The molecule has 2 aliphatic heterocycles. The van der Waals surface area contributed by atoms with Gasteiger partial charge in [-0.05, 0) is 37.0 Å². The van der Waals surface area contributed by atoms with Crippen molar-refractivity contribution < 1.29 is 4.39 Å². The Labute approximate surface area is 95.0 Å². The molecule has 2 saturated heterocycles. The molecule has 2 fully saturated rings. The molecule has 2 nitrogen and oxygen atoms in total. The molecule has 0 saturated carbocycles. The Bertz CT molecular complexity index is 407. The average Bonchev–Trinajstić information content (AvgIpc) is 2.89. The van der Waals surface area contributed by atoms with Crippen LogP contribution >= 0.6 is 0 Å². The van der Waals surface area contributed by atoms with Crippen LogP contribution in [0.2, 0.25) is 0 Å². The van der Waals surface area contributed by atoms with E-state index in [1.807, 2.05) is 6.07 Å². The maximum atomic E-state index is 13.3. The van der Waals surface area contributed by atoms with Crippen LogP contribution in [-0.2, 0) is 5.41 Å². The lowest BCUT2D eigenvalue weighted by Crippen LogP contribution is -2.45. The zero-order valence-corrected chi connectivity index (χ0v) is 9.25. The van der Waals surface area contributed by atoms with Crippen LogP contribution in [0.3, 0.4) is 0 Å². The summed E-state index contributed by atoms with van der Waals surface area (Å²) in [5, 5.41) is 3.59. The first kappa shape index (κ1) is 10.2. The van der Waals surface area contributed by atoms with Crippen molar-refractivity contribution in [3.63, 3.8) is 0 Å². The molecule has 86 valence electrons. The Morgan fingerprint density at radius 3 is 2.88 bits per heavy atom. The lowest BCUT2D eigenvalue weighted by molar-refractivity contribution is 0.339. The van der Waals surface area contributed by atoms with Gasteiger partial charge in [-0.15, -0.1) is 0 Å². The number of halogens is 1. The van der Waals surface area contributed by atoms with Crippen molar-refractivity contribution in [2.75, 3.05) is 6.54 Å². The van der Waals surface area contributed by atoms with Crippen molar-refractivity contribution in [1.29, 1.82) is 0 Å². The first-order chi connectivity index (χ1) is 7.74. The number of hydrogen-bond acceptors (Lipinski definition) is 2. The maximum absolute atomic E-state index is 13.3. The molecular formula is C13H17FN2. The van der Waals surface area contributed by atoms with Gasteiger partial charge < -0.3 is 11.1 Å². The largest absolute Gasteiger partial charge is 0.330 e. The van der Waals surface area contributed by atoms with E-state index in [4.69, 9.17) is 5.73 Å². The third-order valence-corrected chi connectivity index (χ3v) is 4.28. The smallest absolute Gasteiger partial charge is 0.123 e. The van der Waals surface area contributed by atoms with Gasteiger partial charge in [-0.1, -0.05) is 12.1 Å². The molecule has 0 amide bonds. The van der Waals surface area contributed by atoms with Gasteiger partial charge in [0.2, 0.25) is 0 Å². The van der Waals surface area contributed by atoms with Crippen molar-refractivity contribution in [2.24, 2.45) is 5.73 Å². The van der Waals surface area contributed by atoms with Crippen molar-refractivity contribution in [2.45, 2.75) is 36.8 Å². The van der Waals surface area contributed by atoms with E-state index in [0.717, 1.165) is 12.0 Å². The predicted octanol–water partition coefficient (Wildman–Crippen LogP) is 1.55. The van der Waals surface area contributed by atoms with E-state index in [0.29, 0.717) is 18.6 Å². The van der Waals surface area contributed by atoms with Gasteiger partial charge in [0, 0.05) is 24.0 Å². The molecule has 2 bridgehead atoms. The van der Waals surface area contributed by atoms with Crippen LogP contribution in [-0.4, -0.2) is 18.6 Å². The minimum absolute atomic E-state index is 0.0367. The van der Waals surface area contributed by atoms with Gasteiger partial charge in [0.05, 0.1) is 0 Å².